The van der Waals surface area contributed by atoms with E-state index in [0.29, 0.717) is 6.61 Å². The summed E-state index contributed by atoms with van der Waals surface area (Å²) in [6, 6.07) is 0. The second-order valence-corrected chi connectivity index (χ2v) is 8.38. The van der Waals surface area contributed by atoms with Crippen LogP contribution in [0, 0.1) is 0 Å². The molecule has 0 radical (unpaired) electrons. The lowest BCUT2D eigenvalue weighted by molar-refractivity contribution is 0.253. The van der Waals surface area contributed by atoms with Crippen molar-refractivity contribution in [2.24, 2.45) is 5.50 Å². The third kappa shape index (κ3) is 32.3. The molecule has 1 atom stereocenters. The second kappa shape index (κ2) is 22.2. The van der Waals surface area contributed by atoms with Crippen molar-refractivity contribution in [1.82, 2.24) is 0 Å². The fourth-order valence-electron chi connectivity index (χ4n) is 2.49. The summed E-state index contributed by atoms with van der Waals surface area (Å²) in [5.41, 5.74) is 4.88. The van der Waals surface area contributed by atoms with E-state index in [1.165, 1.54) is 89.9 Å². The fraction of sp³-hybridized carbons (Fsp3) is 1.00. The van der Waals surface area contributed by atoms with Gasteiger partial charge < -0.3 is 4.89 Å². The van der Waals surface area contributed by atoms with Crippen LogP contribution < -0.4 is 5.50 Å². The Morgan fingerprint density at radius 1 is 0.640 bits per heavy atom. The van der Waals surface area contributed by atoms with Crippen LogP contribution in [-0.4, -0.2) is 11.5 Å². The number of hydrogen-bond donors (Lipinski definition) is 2. The van der Waals surface area contributed by atoms with Gasteiger partial charge in [0.05, 0.1) is 6.61 Å². The molecular weight excluding hydrogens is 333 g/mol. The van der Waals surface area contributed by atoms with Crippen LogP contribution in [0.15, 0.2) is 0 Å². The highest BCUT2D eigenvalue weighted by Gasteiger charge is 2.09. The average molecular weight is 380 g/mol. The van der Waals surface area contributed by atoms with Gasteiger partial charge in [0.2, 0.25) is 0 Å². The minimum absolute atomic E-state index is 0.294. The van der Waals surface area contributed by atoms with E-state index in [1.54, 1.807) is 0 Å². The first-order valence-electron chi connectivity index (χ1n) is 10.7. The quantitative estimate of drug-likeness (QED) is 0.205. The second-order valence-electron chi connectivity index (χ2n) is 6.99. The van der Waals surface area contributed by atoms with Gasteiger partial charge in [0.25, 0.3) is 0 Å². The van der Waals surface area contributed by atoms with Gasteiger partial charge in [-0.3, -0.25) is 4.52 Å². The van der Waals surface area contributed by atoms with Gasteiger partial charge in [-0.25, -0.2) is 10.1 Å². The Labute approximate surface area is 157 Å². The summed E-state index contributed by atoms with van der Waals surface area (Å²) in [6.45, 7) is 6.92. The lowest BCUT2D eigenvalue weighted by atomic mass is 10.0. The van der Waals surface area contributed by atoms with E-state index in [0.717, 1.165) is 12.8 Å². The highest BCUT2D eigenvalue weighted by atomic mass is 31.2. The molecule has 4 nitrogen and oxygen atoms in total. The highest BCUT2D eigenvalue weighted by molar-refractivity contribution is 7.50. The number of hydrogen-bond acceptors (Lipinski definition) is 2. The maximum absolute atomic E-state index is 10.7. The van der Waals surface area contributed by atoms with Gasteiger partial charge in [0.15, 0.2) is 0 Å². The van der Waals surface area contributed by atoms with Crippen LogP contribution >= 0.6 is 7.75 Å². The standard InChI is InChI=1S/C16H36NO3P.C4H10/c1-2-3-4-5-6-7-8-9-10-11-12-13-14-15-16-20-21(17,18)19;1-3-4-2/h2-16H2,1H3,(H3,17,18,19);3-4H2,1-2H3. The predicted octanol–water partition coefficient (Wildman–Crippen LogP) is 7.35. The summed E-state index contributed by atoms with van der Waals surface area (Å²) in [5.74, 6) is 0. The third-order valence-corrected chi connectivity index (χ3v) is 4.83. The van der Waals surface area contributed by atoms with Gasteiger partial charge in [-0.15, -0.1) is 0 Å². The fourth-order valence-corrected chi connectivity index (χ4v) is 2.88. The maximum Gasteiger partial charge on any atom is 0.400 e. The maximum atomic E-state index is 10.7. The molecule has 0 rings (SSSR count). The van der Waals surface area contributed by atoms with Crippen LogP contribution in [0.3, 0.4) is 0 Å². The van der Waals surface area contributed by atoms with Crippen molar-refractivity contribution in [2.45, 2.75) is 124 Å². The summed E-state index contributed by atoms with van der Waals surface area (Å²) in [7, 11) is -3.75. The minimum atomic E-state index is -3.75. The molecule has 0 aromatic carbocycles. The van der Waals surface area contributed by atoms with E-state index < -0.39 is 7.75 Å². The molecule has 25 heavy (non-hydrogen) atoms. The normalized spacial score (nSPS) is 13.2. The summed E-state index contributed by atoms with van der Waals surface area (Å²) >= 11 is 0. The van der Waals surface area contributed by atoms with Crippen LogP contribution in [-0.2, 0) is 9.09 Å². The first-order chi connectivity index (χ1) is 12.0. The molecule has 5 heteroatoms. The Morgan fingerprint density at radius 2 is 0.960 bits per heavy atom. The van der Waals surface area contributed by atoms with Crippen LogP contribution in [0.25, 0.3) is 0 Å². The van der Waals surface area contributed by atoms with Crippen molar-refractivity contribution in [3.8, 4) is 0 Å². The molecule has 0 saturated heterocycles. The van der Waals surface area contributed by atoms with Crippen LogP contribution in [0.4, 0.5) is 0 Å². The number of nitrogens with two attached hydrogens (primary N) is 1. The molecule has 0 aromatic heterocycles. The van der Waals surface area contributed by atoms with Crippen molar-refractivity contribution in [1.29, 1.82) is 0 Å². The lowest BCUT2D eigenvalue weighted by Gasteiger charge is -2.06. The van der Waals surface area contributed by atoms with Gasteiger partial charge in [-0.2, -0.15) is 0 Å². The van der Waals surface area contributed by atoms with Crippen molar-refractivity contribution in [3.63, 3.8) is 0 Å². The summed E-state index contributed by atoms with van der Waals surface area (Å²) in [6.07, 6.45) is 20.7. The molecule has 0 aliphatic heterocycles. The molecule has 0 amide bonds. The van der Waals surface area contributed by atoms with E-state index in [1.807, 2.05) is 0 Å². The van der Waals surface area contributed by atoms with Crippen molar-refractivity contribution < 1.29 is 14.0 Å². The average Bonchev–Trinajstić information content (AvgIpc) is 2.57. The van der Waals surface area contributed by atoms with Crippen molar-refractivity contribution in [3.05, 3.63) is 0 Å². The molecule has 0 heterocycles. The topological polar surface area (TPSA) is 72.5 Å². The number of rotatable bonds is 17. The summed E-state index contributed by atoms with van der Waals surface area (Å²) < 4.78 is 15.3. The van der Waals surface area contributed by atoms with E-state index in [2.05, 4.69) is 25.3 Å². The Balaban J connectivity index is 0. The molecule has 154 valence electrons. The molecule has 0 aliphatic carbocycles. The molecule has 0 spiro atoms. The van der Waals surface area contributed by atoms with Crippen LogP contribution in [0.1, 0.15) is 124 Å². The molecule has 0 saturated carbocycles. The molecule has 0 fully saturated rings. The third-order valence-electron chi connectivity index (χ3n) is 4.27. The molecular formula is C20H46NO3P. The van der Waals surface area contributed by atoms with Crippen molar-refractivity contribution >= 4 is 7.75 Å². The first-order valence-corrected chi connectivity index (χ1v) is 12.4. The first kappa shape index (κ1) is 27.3. The smallest absolute Gasteiger partial charge is 0.313 e. The predicted molar refractivity (Wildman–Crippen MR) is 111 cm³/mol. The molecule has 0 aromatic rings. The molecule has 0 aliphatic rings. The molecule has 3 N–H and O–H groups in total. The monoisotopic (exact) mass is 379 g/mol. The van der Waals surface area contributed by atoms with Crippen molar-refractivity contribution in [2.75, 3.05) is 6.61 Å². The Morgan fingerprint density at radius 3 is 1.24 bits per heavy atom. The Kier molecular flexibility index (Phi) is 24.2. The van der Waals surface area contributed by atoms with E-state index >= 15 is 0 Å². The lowest BCUT2D eigenvalue weighted by Crippen LogP contribution is -1.99. The Hall–Kier alpha value is 0.110. The van der Waals surface area contributed by atoms with Gasteiger partial charge >= 0.3 is 7.75 Å². The van der Waals surface area contributed by atoms with Gasteiger partial charge in [-0.1, -0.05) is 117 Å². The van der Waals surface area contributed by atoms with Gasteiger partial charge in [0.1, 0.15) is 0 Å². The summed E-state index contributed by atoms with van der Waals surface area (Å²) in [4.78, 5) is 8.73. The van der Waals surface area contributed by atoms with Gasteiger partial charge in [-0.05, 0) is 6.42 Å². The zero-order valence-electron chi connectivity index (χ0n) is 17.3. The Bertz CT molecular complexity index is 280. The minimum Gasteiger partial charge on any atom is -0.313 e. The zero-order chi connectivity index (χ0) is 19.2. The zero-order valence-corrected chi connectivity index (χ0v) is 18.2. The van der Waals surface area contributed by atoms with E-state index in [4.69, 9.17) is 10.4 Å². The van der Waals surface area contributed by atoms with E-state index in [-0.39, 0.29) is 0 Å². The molecule has 1 unspecified atom stereocenters. The summed E-state index contributed by atoms with van der Waals surface area (Å²) in [5, 5.41) is 0. The largest absolute Gasteiger partial charge is 0.400 e. The SMILES string of the molecule is CCCC.CCCCCCCCCCCCCCCCOP(N)(=O)O. The van der Waals surface area contributed by atoms with Crippen LogP contribution in [0.5, 0.6) is 0 Å². The van der Waals surface area contributed by atoms with Gasteiger partial charge in [0, 0.05) is 0 Å². The molecule has 0 bridgehead atoms. The highest BCUT2D eigenvalue weighted by Crippen LogP contribution is 2.31. The van der Waals surface area contributed by atoms with Crippen LogP contribution in [0.2, 0.25) is 0 Å². The van der Waals surface area contributed by atoms with E-state index in [9.17, 15) is 4.57 Å². The number of unbranched alkanes of at least 4 members (excludes halogenated alkanes) is 14.